The smallest absolute Gasteiger partial charge is 0.274 e. The summed E-state index contributed by atoms with van der Waals surface area (Å²) in [7, 11) is 0. The molecule has 0 spiro atoms. The Kier molecular flexibility index (Phi) is 6.32. The zero-order valence-electron chi connectivity index (χ0n) is 16.8. The maximum Gasteiger partial charge on any atom is 0.274 e. The van der Waals surface area contributed by atoms with Crippen LogP contribution in [0, 0.1) is 5.82 Å². The quantitative estimate of drug-likeness (QED) is 0.587. The number of amides is 2. The highest BCUT2D eigenvalue weighted by molar-refractivity contribution is 6.34. The molecular weight excluding hydrogens is 419 g/mol. The van der Waals surface area contributed by atoms with Crippen molar-refractivity contribution in [2.24, 2.45) is 0 Å². The van der Waals surface area contributed by atoms with Crippen LogP contribution in [0.25, 0.3) is 5.69 Å². The number of hydrogen-bond donors (Lipinski definition) is 2. The average Bonchev–Trinajstić information content (AvgIpc) is 3.26. The van der Waals surface area contributed by atoms with Crippen LogP contribution < -0.4 is 10.6 Å². The molecule has 31 heavy (non-hydrogen) atoms. The maximum atomic E-state index is 13.2. The molecule has 3 aromatic rings. The maximum absolute atomic E-state index is 13.2. The molecule has 1 heterocycles. The van der Waals surface area contributed by atoms with E-state index in [-0.39, 0.29) is 23.5 Å². The van der Waals surface area contributed by atoms with E-state index in [2.05, 4.69) is 15.6 Å². The van der Waals surface area contributed by atoms with Crippen LogP contribution in [0.5, 0.6) is 0 Å². The highest BCUT2D eigenvalue weighted by atomic mass is 35.5. The topological polar surface area (TPSA) is 76.0 Å². The Balaban J connectivity index is 1.50. The molecule has 1 saturated carbocycles. The van der Waals surface area contributed by atoms with Crippen molar-refractivity contribution in [2.75, 3.05) is 5.32 Å². The Hall–Kier alpha value is -3.19. The first-order valence-corrected chi connectivity index (χ1v) is 10.6. The van der Waals surface area contributed by atoms with Gasteiger partial charge in [-0.05, 0) is 55.3 Å². The molecule has 2 N–H and O–H groups in total. The molecule has 0 atom stereocenters. The minimum atomic E-state index is -0.414. The van der Waals surface area contributed by atoms with Gasteiger partial charge in [0.15, 0.2) is 0 Å². The van der Waals surface area contributed by atoms with Crippen LogP contribution in [-0.2, 0) is 0 Å². The van der Waals surface area contributed by atoms with Gasteiger partial charge in [-0.3, -0.25) is 14.2 Å². The van der Waals surface area contributed by atoms with E-state index in [1.54, 1.807) is 34.9 Å². The van der Waals surface area contributed by atoms with Crippen molar-refractivity contribution in [1.82, 2.24) is 14.9 Å². The largest absolute Gasteiger partial charge is 0.349 e. The van der Waals surface area contributed by atoms with Crippen molar-refractivity contribution >= 4 is 29.1 Å². The molecule has 2 aromatic carbocycles. The molecule has 8 heteroatoms. The third-order valence-corrected chi connectivity index (χ3v) is 5.71. The lowest BCUT2D eigenvalue weighted by atomic mass is 9.95. The van der Waals surface area contributed by atoms with Gasteiger partial charge in [0.05, 0.1) is 23.1 Å². The summed E-state index contributed by atoms with van der Waals surface area (Å²) in [6.07, 6.45) is 8.24. The first kappa shape index (κ1) is 21.1. The number of anilines is 1. The van der Waals surface area contributed by atoms with Crippen LogP contribution in [0.15, 0.2) is 55.0 Å². The van der Waals surface area contributed by atoms with E-state index in [1.165, 1.54) is 31.1 Å². The monoisotopic (exact) mass is 440 g/mol. The van der Waals surface area contributed by atoms with Crippen LogP contribution in [-0.4, -0.2) is 27.4 Å². The summed E-state index contributed by atoms with van der Waals surface area (Å²) in [6.45, 7) is 0. The minimum absolute atomic E-state index is 0.153. The minimum Gasteiger partial charge on any atom is -0.349 e. The van der Waals surface area contributed by atoms with E-state index >= 15 is 0 Å². The molecule has 0 saturated heterocycles. The highest BCUT2D eigenvalue weighted by Crippen LogP contribution is 2.23. The van der Waals surface area contributed by atoms with Crippen molar-refractivity contribution in [1.29, 1.82) is 0 Å². The molecule has 6 nitrogen and oxygen atoms in total. The molecule has 0 bridgehead atoms. The Morgan fingerprint density at radius 1 is 1.03 bits per heavy atom. The van der Waals surface area contributed by atoms with Crippen molar-refractivity contribution in [3.63, 3.8) is 0 Å². The fraction of sp³-hybridized carbons (Fsp3) is 0.261. The van der Waals surface area contributed by atoms with Crippen molar-refractivity contribution in [3.05, 3.63) is 77.1 Å². The Morgan fingerprint density at radius 3 is 2.52 bits per heavy atom. The third kappa shape index (κ3) is 4.94. The molecule has 0 radical (unpaired) electrons. The standard InChI is InChI=1S/C23H22ClFN4O2/c24-20-11-8-17(12-19(20)22(30)27-16-4-2-1-3-5-16)28-23(31)21-13-26-14-29(21)18-9-6-15(25)7-10-18/h6-14,16H,1-5H2,(H,27,30)(H,28,31). The van der Waals surface area contributed by atoms with E-state index in [9.17, 15) is 14.0 Å². The lowest BCUT2D eigenvalue weighted by Gasteiger charge is -2.23. The molecule has 4 rings (SSSR count). The number of hydrogen-bond acceptors (Lipinski definition) is 3. The number of nitrogens with zero attached hydrogens (tertiary/aromatic N) is 2. The number of benzene rings is 2. The van der Waals surface area contributed by atoms with Gasteiger partial charge < -0.3 is 10.6 Å². The van der Waals surface area contributed by atoms with E-state index in [4.69, 9.17) is 11.6 Å². The van der Waals surface area contributed by atoms with Gasteiger partial charge in [0, 0.05) is 17.4 Å². The molecule has 160 valence electrons. The predicted molar refractivity (Wildman–Crippen MR) is 117 cm³/mol. The highest BCUT2D eigenvalue weighted by Gasteiger charge is 2.20. The molecule has 1 aromatic heterocycles. The molecule has 1 aliphatic carbocycles. The summed E-state index contributed by atoms with van der Waals surface area (Å²) in [5, 5.41) is 6.14. The summed E-state index contributed by atoms with van der Waals surface area (Å²) in [5.41, 5.74) is 1.63. The van der Waals surface area contributed by atoms with Crippen LogP contribution in [0.2, 0.25) is 5.02 Å². The Labute approximate surface area is 184 Å². The molecule has 0 aliphatic heterocycles. The van der Waals surface area contributed by atoms with Crippen molar-refractivity contribution < 1.29 is 14.0 Å². The second-order valence-corrected chi connectivity index (χ2v) is 7.99. The van der Waals surface area contributed by atoms with Crippen LogP contribution >= 0.6 is 11.6 Å². The first-order valence-electron chi connectivity index (χ1n) is 10.2. The SMILES string of the molecule is O=C(NC1CCCCC1)c1cc(NC(=O)c2cncn2-c2ccc(F)cc2)ccc1Cl. The normalized spacial score (nSPS) is 14.3. The number of carbonyl (C=O) groups excluding carboxylic acids is 2. The number of carbonyl (C=O) groups is 2. The van der Waals surface area contributed by atoms with E-state index in [0.717, 1.165) is 25.7 Å². The Bertz CT molecular complexity index is 1090. The average molecular weight is 441 g/mol. The van der Waals surface area contributed by atoms with Crippen molar-refractivity contribution in [3.8, 4) is 5.69 Å². The van der Waals surface area contributed by atoms with Gasteiger partial charge in [-0.1, -0.05) is 30.9 Å². The lowest BCUT2D eigenvalue weighted by Crippen LogP contribution is -2.36. The van der Waals surface area contributed by atoms with Crippen LogP contribution in [0.4, 0.5) is 10.1 Å². The molecule has 1 fully saturated rings. The zero-order valence-corrected chi connectivity index (χ0v) is 17.5. The second-order valence-electron chi connectivity index (χ2n) is 7.58. The molecule has 1 aliphatic rings. The van der Waals surface area contributed by atoms with Crippen LogP contribution in [0.3, 0.4) is 0 Å². The van der Waals surface area contributed by atoms with Gasteiger partial charge in [-0.25, -0.2) is 9.37 Å². The number of aromatic nitrogens is 2. The predicted octanol–water partition coefficient (Wildman–Crippen LogP) is 4.98. The third-order valence-electron chi connectivity index (χ3n) is 5.39. The molecule has 2 amide bonds. The van der Waals surface area contributed by atoms with E-state index in [1.807, 2.05) is 0 Å². The van der Waals surface area contributed by atoms with Gasteiger partial charge in [-0.2, -0.15) is 0 Å². The number of rotatable bonds is 5. The summed E-state index contributed by atoms with van der Waals surface area (Å²) in [6, 6.07) is 10.7. The number of nitrogens with one attached hydrogen (secondary N) is 2. The second kappa shape index (κ2) is 9.31. The fourth-order valence-electron chi connectivity index (χ4n) is 3.75. The number of imidazole rings is 1. The summed E-state index contributed by atoms with van der Waals surface area (Å²) < 4.78 is 14.8. The fourth-order valence-corrected chi connectivity index (χ4v) is 3.96. The van der Waals surface area contributed by atoms with E-state index in [0.29, 0.717) is 22.0 Å². The van der Waals surface area contributed by atoms with Gasteiger partial charge in [0.25, 0.3) is 11.8 Å². The Morgan fingerprint density at radius 2 is 1.77 bits per heavy atom. The number of halogens is 2. The summed E-state index contributed by atoms with van der Waals surface area (Å²) in [4.78, 5) is 29.6. The van der Waals surface area contributed by atoms with E-state index < -0.39 is 5.91 Å². The first-order chi connectivity index (χ1) is 15.0. The van der Waals surface area contributed by atoms with Gasteiger partial charge in [0.2, 0.25) is 0 Å². The van der Waals surface area contributed by atoms with Gasteiger partial charge in [0.1, 0.15) is 11.5 Å². The summed E-state index contributed by atoms with van der Waals surface area (Å²) in [5.74, 6) is -1.03. The van der Waals surface area contributed by atoms with Gasteiger partial charge >= 0.3 is 0 Å². The lowest BCUT2D eigenvalue weighted by molar-refractivity contribution is 0.0926. The zero-order chi connectivity index (χ0) is 21.8. The summed E-state index contributed by atoms with van der Waals surface area (Å²) >= 11 is 6.24. The van der Waals surface area contributed by atoms with Crippen LogP contribution in [0.1, 0.15) is 53.0 Å². The molecular formula is C23H22ClFN4O2. The van der Waals surface area contributed by atoms with Gasteiger partial charge in [-0.15, -0.1) is 0 Å². The van der Waals surface area contributed by atoms with Crippen molar-refractivity contribution in [2.45, 2.75) is 38.1 Å². The molecule has 0 unspecified atom stereocenters.